The van der Waals surface area contributed by atoms with Crippen LogP contribution in [0.5, 0.6) is 0 Å². The van der Waals surface area contributed by atoms with E-state index in [2.05, 4.69) is 12.2 Å². The largest absolute Gasteiger partial charge is 0.394 e. The van der Waals surface area contributed by atoms with Crippen LogP contribution in [0.4, 0.5) is 0 Å². The normalized spacial score (nSPS) is 29.1. The van der Waals surface area contributed by atoms with Gasteiger partial charge in [0, 0.05) is 19.1 Å². The third-order valence-corrected chi connectivity index (χ3v) is 2.60. The van der Waals surface area contributed by atoms with Gasteiger partial charge in [0.15, 0.2) is 0 Å². The lowest BCUT2D eigenvalue weighted by atomic mass is 10.2. The number of hydrogen-bond donors (Lipinski definition) is 2. The predicted octanol–water partition coefficient (Wildman–Crippen LogP) is -0.0323. The third-order valence-electron chi connectivity index (χ3n) is 2.60. The van der Waals surface area contributed by atoms with Crippen LogP contribution in [-0.2, 0) is 4.79 Å². The molecule has 2 unspecified atom stereocenters. The molecule has 0 aliphatic carbocycles. The van der Waals surface area contributed by atoms with Crippen molar-refractivity contribution in [1.82, 2.24) is 10.2 Å². The summed E-state index contributed by atoms with van der Waals surface area (Å²) < 4.78 is 0. The fourth-order valence-corrected chi connectivity index (χ4v) is 1.80. The second-order valence-electron chi connectivity index (χ2n) is 3.92. The molecule has 0 bridgehead atoms. The lowest BCUT2D eigenvalue weighted by Gasteiger charge is -2.22. The summed E-state index contributed by atoms with van der Waals surface area (Å²) in [5.74, 6) is 0.0405. The maximum Gasteiger partial charge on any atom is 0.242 e. The van der Waals surface area contributed by atoms with Crippen LogP contribution in [0, 0.1) is 0 Å². The number of carbonyl (C=O) groups excluding carboxylic acids is 1. The standard InChI is InChI=1S/C10H20N2O2/c1-3-5-12-6-4-8(2)11-9(7-13)10(12)14/h8-9,11,13H,3-7H2,1-2H3. The lowest BCUT2D eigenvalue weighted by Crippen LogP contribution is -2.47. The summed E-state index contributed by atoms with van der Waals surface area (Å²) in [6.07, 6.45) is 1.93. The van der Waals surface area contributed by atoms with E-state index in [0.717, 1.165) is 25.9 Å². The van der Waals surface area contributed by atoms with Crippen molar-refractivity contribution in [3.05, 3.63) is 0 Å². The zero-order valence-corrected chi connectivity index (χ0v) is 8.99. The molecule has 0 aromatic carbocycles. The molecule has 0 aromatic heterocycles. The van der Waals surface area contributed by atoms with Gasteiger partial charge in [0.05, 0.1) is 6.61 Å². The number of aliphatic hydroxyl groups excluding tert-OH is 1. The van der Waals surface area contributed by atoms with Gasteiger partial charge in [-0.2, -0.15) is 0 Å². The Morgan fingerprint density at radius 1 is 1.64 bits per heavy atom. The predicted molar refractivity (Wildman–Crippen MR) is 55.0 cm³/mol. The van der Waals surface area contributed by atoms with Gasteiger partial charge in [-0.25, -0.2) is 0 Å². The van der Waals surface area contributed by atoms with Crippen molar-refractivity contribution in [2.45, 2.75) is 38.8 Å². The van der Waals surface area contributed by atoms with E-state index in [9.17, 15) is 4.79 Å². The van der Waals surface area contributed by atoms with Gasteiger partial charge >= 0.3 is 0 Å². The van der Waals surface area contributed by atoms with Crippen molar-refractivity contribution >= 4 is 5.91 Å². The molecule has 1 saturated heterocycles. The summed E-state index contributed by atoms with van der Waals surface area (Å²) in [5.41, 5.74) is 0. The van der Waals surface area contributed by atoms with Crippen LogP contribution < -0.4 is 5.32 Å². The number of nitrogens with one attached hydrogen (secondary N) is 1. The summed E-state index contributed by atoms with van der Waals surface area (Å²) in [6, 6.07) is -0.1000. The summed E-state index contributed by atoms with van der Waals surface area (Å²) in [5, 5.41) is 12.2. The van der Waals surface area contributed by atoms with Gasteiger partial charge in [0.1, 0.15) is 6.04 Å². The summed E-state index contributed by atoms with van der Waals surface area (Å²) in [7, 11) is 0. The average Bonchev–Trinajstić information content (AvgIpc) is 2.31. The van der Waals surface area contributed by atoms with Crippen LogP contribution in [0.1, 0.15) is 26.7 Å². The van der Waals surface area contributed by atoms with E-state index in [0.29, 0.717) is 6.04 Å². The first-order valence-electron chi connectivity index (χ1n) is 5.34. The maximum absolute atomic E-state index is 11.8. The van der Waals surface area contributed by atoms with E-state index in [1.54, 1.807) is 0 Å². The second kappa shape index (κ2) is 5.32. The van der Waals surface area contributed by atoms with E-state index >= 15 is 0 Å². The van der Waals surface area contributed by atoms with Crippen LogP contribution in [0.25, 0.3) is 0 Å². The Bertz CT molecular complexity index is 197. The van der Waals surface area contributed by atoms with E-state index in [1.165, 1.54) is 0 Å². The minimum atomic E-state index is -0.404. The molecule has 1 aliphatic rings. The van der Waals surface area contributed by atoms with Crippen molar-refractivity contribution in [1.29, 1.82) is 0 Å². The van der Waals surface area contributed by atoms with E-state index in [4.69, 9.17) is 5.11 Å². The van der Waals surface area contributed by atoms with Crippen LogP contribution in [-0.4, -0.2) is 47.7 Å². The third kappa shape index (κ3) is 2.69. The number of hydrogen-bond acceptors (Lipinski definition) is 3. The van der Waals surface area contributed by atoms with Crippen LogP contribution in [0.15, 0.2) is 0 Å². The molecule has 1 aliphatic heterocycles. The van der Waals surface area contributed by atoms with Gasteiger partial charge in [-0.3, -0.25) is 4.79 Å². The molecular weight excluding hydrogens is 180 g/mol. The minimum absolute atomic E-state index is 0.0405. The summed E-state index contributed by atoms with van der Waals surface area (Å²) >= 11 is 0. The van der Waals surface area contributed by atoms with Crippen LogP contribution in [0.2, 0.25) is 0 Å². The van der Waals surface area contributed by atoms with Crippen molar-refractivity contribution in [2.24, 2.45) is 0 Å². The summed E-state index contributed by atoms with van der Waals surface area (Å²) in [6.45, 7) is 5.60. The van der Waals surface area contributed by atoms with E-state index in [1.807, 2.05) is 11.8 Å². The summed E-state index contributed by atoms with van der Waals surface area (Å²) in [4.78, 5) is 13.7. The number of rotatable bonds is 3. The molecule has 0 aromatic rings. The van der Waals surface area contributed by atoms with Gasteiger partial charge in [0.25, 0.3) is 0 Å². The average molecular weight is 200 g/mol. The molecule has 82 valence electrons. The monoisotopic (exact) mass is 200 g/mol. The van der Waals surface area contributed by atoms with Crippen molar-refractivity contribution < 1.29 is 9.90 Å². The zero-order chi connectivity index (χ0) is 10.6. The first-order chi connectivity index (χ1) is 6.69. The molecular formula is C10H20N2O2. The van der Waals surface area contributed by atoms with Crippen molar-refractivity contribution in [3.8, 4) is 0 Å². The fraction of sp³-hybridized carbons (Fsp3) is 0.900. The molecule has 2 atom stereocenters. The first-order valence-corrected chi connectivity index (χ1v) is 5.34. The Morgan fingerprint density at radius 3 is 2.93 bits per heavy atom. The van der Waals surface area contributed by atoms with Gasteiger partial charge < -0.3 is 15.3 Å². The van der Waals surface area contributed by atoms with Gasteiger partial charge in [0.2, 0.25) is 5.91 Å². The number of aliphatic hydroxyl groups is 1. The molecule has 4 nitrogen and oxygen atoms in total. The highest BCUT2D eigenvalue weighted by Crippen LogP contribution is 2.07. The van der Waals surface area contributed by atoms with Crippen molar-refractivity contribution in [2.75, 3.05) is 19.7 Å². The number of nitrogens with zero attached hydrogens (tertiary/aromatic N) is 1. The molecule has 0 saturated carbocycles. The van der Waals surface area contributed by atoms with Gasteiger partial charge in [-0.15, -0.1) is 0 Å². The Labute approximate surface area is 85.3 Å². The molecule has 14 heavy (non-hydrogen) atoms. The molecule has 0 radical (unpaired) electrons. The highest BCUT2D eigenvalue weighted by atomic mass is 16.3. The zero-order valence-electron chi connectivity index (χ0n) is 8.99. The van der Waals surface area contributed by atoms with Crippen LogP contribution >= 0.6 is 0 Å². The highest BCUT2D eigenvalue weighted by molar-refractivity contribution is 5.82. The SMILES string of the molecule is CCCN1CCC(C)NC(CO)C1=O. The fourth-order valence-electron chi connectivity index (χ4n) is 1.80. The van der Waals surface area contributed by atoms with Gasteiger partial charge in [-0.1, -0.05) is 6.92 Å². The first kappa shape index (κ1) is 11.5. The molecule has 2 N–H and O–H groups in total. The Kier molecular flexibility index (Phi) is 4.35. The molecule has 4 heteroatoms. The van der Waals surface area contributed by atoms with Crippen molar-refractivity contribution in [3.63, 3.8) is 0 Å². The van der Waals surface area contributed by atoms with E-state index < -0.39 is 6.04 Å². The lowest BCUT2D eigenvalue weighted by molar-refractivity contribution is -0.133. The molecule has 0 spiro atoms. The quantitative estimate of drug-likeness (QED) is 0.672. The second-order valence-corrected chi connectivity index (χ2v) is 3.92. The molecule has 1 heterocycles. The molecule has 1 fully saturated rings. The Hall–Kier alpha value is -0.610. The van der Waals surface area contributed by atoms with E-state index in [-0.39, 0.29) is 12.5 Å². The van der Waals surface area contributed by atoms with Crippen LogP contribution in [0.3, 0.4) is 0 Å². The number of carbonyl (C=O) groups is 1. The minimum Gasteiger partial charge on any atom is -0.394 e. The topological polar surface area (TPSA) is 52.6 Å². The Morgan fingerprint density at radius 2 is 2.36 bits per heavy atom. The number of amides is 1. The highest BCUT2D eigenvalue weighted by Gasteiger charge is 2.27. The maximum atomic E-state index is 11.8. The molecule has 1 amide bonds. The smallest absolute Gasteiger partial charge is 0.242 e. The van der Waals surface area contributed by atoms with Gasteiger partial charge in [-0.05, 0) is 19.8 Å². The Balaban J connectivity index is 2.64. The molecule has 1 rings (SSSR count).